The molecule has 0 heterocycles. The number of allylic oxidation sites excluding steroid dienone is 3. The van der Waals surface area contributed by atoms with Crippen molar-refractivity contribution in [1.82, 2.24) is 0 Å². The molecule has 0 aromatic heterocycles. The molecule has 3 rings (SSSR count). The predicted octanol–water partition coefficient (Wildman–Crippen LogP) is 3.34. The highest BCUT2D eigenvalue weighted by atomic mass is 16.5. The fourth-order valence-electron chi connectivity index (χ4n) is 3.57. The van der Waals surface area contributed by atoms with Crippen molar-refractivity contribution < 1.29 is 14.6 Å². The van der Waals surface area contributed by atoms with Gasteiger partial charge in [0.25, 0.3) is 0 Å². The third kappa shape index (κ3) is 2.46. The van der Waals surface area contributed by atoms with Crippen molar-refractivity contribution >= 4 is 0 Å². The average Bonchev–Trinajstić information content (AvgIpc) is 2.50. The van der Waals surface area contributed by atoms with Gasteiger partial charge in [-0.2, -0.15) is 0 Å². The molecule has 21 heavy (non-hydrogen) atoms. The lowest BCUT2D eigenvalue weighted by Crippen LogP contribution is -2.25. The summed E-state index contributed by atoms with van der Waals surface area (Å²) < 4.78 is 10.7. The maximum Gasteiger partial charge on any atom is 0.119 e. The molecule has 0 radical (unpaired) electrons. The summed E-state index contributed by atoms with van der Waals surface area (Å²) in [6.45, 7) is 1.88. The van der Waals surface area contributed by atoms with Gasteiger partial charge in [0.2, 0.25) is 0 Å². The van der Waals surface area contributed by atoms with Gasteiger partial charge in [0.1, 0.15) is 5.75 Å². The molecule has 112 valence electrons. The van der Waals surface area contributed by atoms with Crippen LogP contribution in [0, 0.1) is 0 Å². The van der Waals surface area contributed by atoms with Gasteiger partial charge in [0, 0.05) is 12.3 Å². The van der Waals surface area contributed by atoms with Gasteiger partial charge >= 0.3 is 0 Å². The van der Waals surface area contributed by atoms with Crippen LogP contribution in [0.2, 0.25) is 0 Å². The third-order valence-corrected chi connectivity index (χ3v) is 4.57. The SMILES string of the molecule is COC1=CC2=C(CC1)C(C(C)O)c1ccc(OC)cc1C2. The van der Waals surface area contributed by atoms with Gasteiger partial charge in [0.15, 0.2) is 0 Å². The first-order chi connectivity index (χ1) is 10.1. The fraction of sp³-hybridized carbons (Fsp3) is 0.444. The molecule has 0 saturated heterocycles. The highest BCUT2D eigenvalue weighted by Gasteiger charge is 2.32. The quantitative estimate of drug-likeness (QED) is 0.926. The lowest BCUT2D eigenvalue weighted by molar-refractivity contribution is 0.170. The largest absolute Gasteiger partial charge is 0.501 e. The van der Waals surface area contributed by atoms with Crippen LogP contribution in [0.25, 0.3) is 0 Å². The first kappa shape index (κ1) is 14.2. The zero-order valence-electron chi connectivity index (χ0n) is 12.8. The Morgan fingerprint density at radius 2 is 2.00 bits per heavy atom. The van der Waals surface area contributed by atoms with Gasteiger partial charge in [-0.15, -0.1) is 0 Å². The summed E-state index contributed by atoms with van der Waals surface area (Å²) in [7, 11) is 3.41. The molecule has 0 fully saturated rings. The molecule has 0 saturated carbocycles. The minimum absolute atomic E-state index is 0.0873. The molecule has 0 bridgehead atoms. The minimum Gasteiger partial charge on any atom is -0.501 e. The van der Waals surface area contributed by atoms with Gasteiger partial charge in [-0.05, 0) is 54.7 Å². The molecule has 2 aliphatic rings. The standard InChI is InChI=1S/C18H22O3/c1-11(19)18-16-6-4-14(20-2)9-12(16)8-13-10-15(21-3)5-7-17(13)18/h4,6,9-11,18-19H,5,7-8H2,1-3H3. The molecule has 0 spiro atoms. The first-order valence-corrected chi connectivity index (χ1v) is 7.45. The Labute approximate surface area is 125 Å². The van der Waals surface area contributed by atoms with Crippen LogP contribution in [0.1, 0.15) is 36.8 Å². The number of methoxy groups -OCH3 is 2. The Balaban J connectivity index is 2.09. The van der Waals surface area contributed by atoms with Crippen molar-refractivity contribution in [3.63, 3.8) is 0 Å². The van der Waals surface area contributed by atoms with E-state index in [2.05, 4.69) is 18.2 Å². The van der Waals surface area contributed by atoms with Gasteiger partial charge in [-0.1, -0.05) is 11.6 Å². The number of hydrogen-bond acceptors (Lipinski definition) is 3. The van der Waals surface area contributed by atoms with Crippen LogP contribution < -0.4 is 4.74 Å². The Morgan fingerprint density at radius 1 is 1.19 bits per heavy atom. The molecule has 0 amide bonds. The number of benzene rings is 1. The highest BCUT2D eigenvalue weighted by Crippen LogP contribution is 2.44. The monoisotopic (exact) mass is 286 g/mol. The van der Waals surface area contributed by atoms with Crippen LogP contribution in [0.5, 0.6) is 5.75 Å². The van der Waals surface area contributed by atoms with E-state index < -0.39 is 0 Å². The number of aliphatic hydroxyl groups excluding tert-OH is 1. The van der Waals surface area contributed by atoms with Crippen molar-refractivity contribution in [2.24, 2.45) is 0 Å². The molecule has 1 N–H and O–H groups in total. The van der Waals surface area contributed by atoms with Crippen molar-refractivity contribution in [3.05, 3.63) is 52.3 Å². The zero-order valence-corrected chi connectivity index (χ0v) is 12.8. The molecular weight excluding hydrogens is 264 g/mol. The lowest BCUT2D eigenvalue weighted by Gasteiger charge is -2.34. The summed E-state index contributed by atoms with van der Waals surface area (Å²) in [4.78, 5) is 0. The molecule has 0 aliphatic heterocycles. The number of ether oxygens (including phenoxy) is 2. The van der Waals surface area contributed by atoms with E-state index in [-0.39, 0.29) is 12.0 Å². The number of fused-ring (bicyclic) bond motifs is 1. The second-order valence-electron chi connectivity index (χ2n) is 5.83. The number of rotatable bonds is 3. The Morgan fingerprint density at radius 3 is 2.67 bits per heavy atom. The van der Waals surface area contributed by atoms with Crippen molar-refractivity contribution in [3.8, 4) is 5.75 Å². The molecule has 3 heteroatoms. The zero-order chi connectivity index (χ0) is 15.0. The maximum atomic E-state index is 10.3. The van der Waals surface area contributed by atoms with Crippen LogP contribution in [0.15, 0.2) is 41.2 Å². The Hall–Kier alpha value is -1.74. The van der Waals surface area contributed by atoms with E-state index in [0.29, 0.717) is 0 Å². The van der Waals surface area contributed by atoms with Crippen molar-refractivity contribution in [1.29, 1.82) is 0 Å². The Bertz CT molecular complexity index is 611. The number of aliphatic hydroxyl groups is 1. The van der Waals surface area contributed by atoms with Crippen molar-refractivity contribution in [2.45, 2.75) is 38.2 Å². The Kier molecular flexibility index (Phi) is 3.77. The summed E-state index contributed by atoms with van der Waals surface area (Å²) >= 11 is 0. The van der Waals surface area contributed by atoms with E-state index >= 15 is 0 Å². The maximum absolute atomic E-state index is 10.3. The van der Waals surface area contributed by atoms with Crippen LogP contribution in [-0.4, -0.2) is 25.4 Å². The molecule has 2 atom stereocenters. The van der Waals surface area contributed by atoms with E-state index in [1.54, 1.807) is 14.2 Å². The number of hydrogen-bond donors (Lipinski definition) is 1. The van der Waals surface area contributed by atoms with Crippen LogP contribution >= 0.6 is 0 Å². The van der Waals surface area contributed by atoms with E-state index in [0.717, 1.165) is 30.8 Å². The molecule has 3 nitrogen and oxygen atoms in total. The minimum atomic E-state index is -0.389. The van der Waals surface area contributed by atoms with Gasteiger partial charge in [-0.3, -0.25) is 0 Å². The third-order valence-electron chi connectivity index (χ3n) is 4.57. The summed E-state index contributed by atoms with van der Waals surface area (Å²) in [5, 5.41) is 10.3. The van der Waals surface area contributed by atoms with Gasteiger partial charge in [-0.25, -0.2) is 0 Å². The van der Waals surface area contributed by atoms with Crippen LogP contribution in [0.4, 0.5) is 0 Å². The molecule has 1 aromatic carbocycles. The normalized spacial score (nSPS) is 22.1. The molecule has 2 aliphatic carbocycles. The van der Waals surface area contributed by atoms with E-state index in [1.807, 2.05) is 13.0 Å². The smallest absolute Gasteiger partial charge is 0.119 e. The molecule has 1 aromatic rings. The molecular formula is C18H22O3. The van der Waals surface area contributed by atoms with Crippen LogP contribution in [0.3, 0.4) is 0 Å². The highest BCUT2D eigenvalue weighted by molar-refractivity contribution is 5.52. The summed E-state index contributed by atoms with van der Waals surface area (Å²) in [6, 6.07) is 6.17. The topological polar surface area (TPSA) is 38.7 Å². The van der Waals surface area contributed by atoms with E-state index in [9.17, 15) is 5.11 Å². The summed E-state index contributed by atoms with van der Waals surface area (Å²) in [6.07, 6.45) is 4.54. The van der Waals surface area contributed by atoms with Gasteiger partial charge in [0.05, 0.1) is 26.1 Å². The average molecular weight is 286 g/mol. The second kappa shape index (κ2) is 5.57. The van der Waals surface area contributed by atoms with Crippen LogP contribution in [-0.2, 0) is 11.2 Å². The predicted molar refractivity (Wildman–Crippen MR) is 82.5 cm³/mol. The lowest BCUT2D eigenvalue weighted by atomic mass is 9.72. The fourth-order valence-corrected chi connectivity index (χ4v) is 3.57. The first-order valence-electron chi connectivity index (χ1n) is 7.45. The summed E-state index contributed by atoms with van der Waals surface area (Å²) in [5.74, 6) is 1.99. The van der Waals surface area contributed by atoms with E-state index in [4.69, 9.17) is 9.47 Å². The second-order valence-corrected chi connectivity index (χ2v) is 5.83. The molecule has 2 unspecified atom stereocenters. The van der Waals surface area contributed by atoms with Crippen molar-refractivity contribution in [2.75, 3.05) is 14.2 Å². The van der Waals surface area contributed by atoms with E-state index in [1.165, 1.54) is 22.3 Å². The summed E-state index contributed by atoms with van der Waals surface area (Å²) in [5.41, 5.74) is 5.14. The van der Waals surface area contributed by atoms with Gasteiger partial charge < -0.3 is 14.6 Å².